The normalized spacial score (nSPS) is 19.8. The Morgan fingerprint density at radius 2 is 1.65 bits per heavy atom. The molecule has 0 spiro atoms. The number of nitrogens with zero attached hydrogens (tertiary/aromatic N) is 4. The number of quaternary nitrogens is 1. The molecule has 8 N–H and O–H groups in total. The second-order valence-corrected chi connectivity index (χ2v) is 16.7. The number of aliphatic imine (C=N–C) groups is 1. The molecule has 6 atom stereocenters. The van der Waals surface area contributed by atoms with Gasteiger partial charge in [0.15, 0.2) is 0 Å². The van der Waals surface area contributed by atoms with Gasteiger partial charge in [0.2, 0.25) is 12.2 Å². The fourth-order valence-electron chi connectivity index (χ4n) is 7.89. The fraction of sp³-hybridized carbons (Fsp3) is 0.581. The number of pyridine rings is 1. The summed E-state index contributed by atoms with van der Waals surface area (Å²) in [5.74, 6) is -1.18. The summed E-state index contributed by atoms with van der Waals surface area (Å²) in [4.78, 5) is 65.1. The van der Waals surface area contributed by atoms with Crippen LogP contribution in [0.25, 0.3) is 0 Å². The first-order chi connectivity index (χ1) is 27.1. The second-order valence-electron chi connectivity index (χ2n) is 16.7. The Morgan fingerprint density at radius 1 is 0.982 bits per heavy atom. The molecule has 57 heavy (non-hydrogen) atoms. The minimum Gasteiger partial charge on any atom is -0.444 e. The van der Waals surface area contributed by atoms with Crippen LogP contribution in [-0.4, -0.2) is 92.7 Å². The smallest absolute Gasteiger partial charge is 0.432 e. The Hall–Kier alpha value is -4.50. The van der Waals surface area contributed by atoms with E-state index in [4.69, 9.17) is 21.9 Å². The number of urea groups is 1. The number of hydrogen-bond acceptors (Lipinski definition) is 10. The lowest BCUT2D eigenvalue weighted by Gasteiger charge is -2.42. The van der Waals surface area contributed by atoms with Crippen molar-refractivity contribution in [1.29, 1.82) is 0 Å². The van der Waals surface area contributed by atoms with Crippen LogP contribution in [0.1, 0.15) is 103 Å². The predicted molar refractivity (Wildman–Crippen MR) is 220 cm³/mol. The van der Waals surface area contributed by atoms with E-state index in [9.17, 15) is 24.3 Å². The lowest BCUT2D eigenvalue weighted by molar-refractivity contribution is -0.606. The van der Waals surface area contributed by atoms with E-state index in [1.54, 1.807) is 38.1 Å². The van der Waals surface area contributed by atoms with Crippen LogP contribution in [0.2, 0.25) is 0 Å². The molecule has 0 saturated heterocycles. The standard InChI is InChI=1S/C43H64N8O6/c1-30(23-35-28-51(29-49-35,41(46)55)40(54)36(45)25-31-13-7-5-8-14-31)50(42(56)57-43(2,3)4)37(26-32-15-9-6-10-16-32)38(52)27-34(24-33-17-21-47-22-18-33)39(53)48-20-12-11-19-44/h5,7-8,13-14,17-18,21-22,28-30,32,34,36-38,52H,6,9-12,15-16,19-20,23-27,44-45H2,1-4H3,(H2-,46,48,53,55)/p+1/t30-,34-,36+,37?,38+,51?/m1/s1. The van der Waals surface area contributed by atoms with Crippen LogP contribution in [0.3, 0.4) is 0 Å². The van der Waals surface area contributed by atoms with Gasteiger partial charge in [0, 0.05) is 43.7 Å². The summed E-state index contributed by atoms with van der Waals surface area (Å²) in [7, 11) is 0. The van der Waals surface area contributed by atoms with Gasteiger partial charge in [-0.15, -0.1) is 4.48 Å². The van der Waals surface area contributed by atoms with Crippen LogP contribution in [0.4, 0.5) is 9.59 Å². The number of imide groups is 1. The number of unbranched alkanes of at least 4 members (excludes halogenated alkanes) is 1. The zero-order valence-electron chi connectivity index (χ0n) is 34.2. The molecule has 1 aromatic heterocycles. The van der Waals surface area contributed by atoms with Crippen LogP contribution in [0.5, 0.6) is 0 Å². The van der Waals surface area contributed by atoms with Gasteiger partial charge in [0.05, 0.1) is 12.1 Å². The van der Waals surface area contributed by atoms with Crippen molar-refractivity contribution in [3.63, 3.8) is 0 Å². The molecule has 2 unspecified atom stereocenters. The number of rotatable bonds is 19. The summed E-state index contributed by atoms with van der Waals surface area (Å²) >= 11 is 0. The van der Waals surface area contributed by atoms with E-state index in [0.29, 0.717) is 31.6 Å². The lowest BCUT2D eigenvalue weighted by Crippen LogP contribution is -2.59. The van der Waals surface area contributed by atoms with Crippen LogP contribution < -0.4 is 22.5 Å². The Bertz CT molecular complexity index is 1680. The zero-order chi connectivity index (χ0) is 41.6. The summed E-state index contributed by atoms with van der Waals surface area (Å²) in [6, 6.07) is 9.60. The molecule has 14 nitrogen and oxygen atoms in total. The maximum Gasteiger partial charge on any atom is 0.432 e. The molecule has 312 valence electrons. The molecular formula is C43H65N8O6+. The van der Waals surface area contributed by atoms with Crippen LogP contribution in [0, 0.1) is 11.8 Å². The van der Waals surface area contributed by atoms with Crippen LogP contribution in [-0.2, 0) is 27.2 Å². The van der Waals surface area contributed by atoms with E-state index in [0.717, 1.165) is 56.1 Å². The number of amides is 5. The summed E-state index contributed by atoms with van der Waals surface area (Å²) in [5, 5.41) is 15.4. The van der Waals surface area contributed by atoms with Gasteiger partial charge < -0.3 is 32.4 Å². The van der Waals surface area contributed by atoms with E-state index < -0.39 is 58.3 Å². The molecule has 1 aliphatic carbocycles. The molecule has 14 heteroatoms. The summed E-state index contributed by atoms with van der Waals surface area (Å²) in [6.45, 7) is 8.18. The highest BCUT2D eigenvalue weighted by Crippen LogP contribution is 2.34. The van der Waals surface area contributed by atoms with Crippen molar-refractivity contribution in [2.24, 2.45) is 34.0 Å². The minimum atomic E-state index is -1.11. The maximum atomic E-state index is 14.4. The molecule has 1 aliphatic heterocycles. The van der Waals surface area contributed by atoms with E-state index >= 15 is 0 Å². The Balaban J connectivity index is 1.67. The molecule has 1 fully saturated rings. The number of primary amides is 1. The SMILES string of the molecule is C[C@H](CC1=C[N+](C(N)=O)(C(=O)[C@@H](N)Cc2ccccc2)C=N1)N(C(=O)OC(C)(C)C)C(CC1CCCCC1)[C@@H](O)C[C@@H](Cc1ccncc1)C(=O)NCCCCN. The van der Waals surface area contributed by atoms with Gasteiger partial charge in [0.25, 0.3) is 0 Å². The van der Waals surface area contributed by atoms with Crippen molar-refractivity contribution in [3.8, 4) is 0 Å². The monoisotopic (exact) mass is 790 g/mol. The third-order valence-electron chi connectivity index (χ3n) is 10.8. The van der Waals surface area contributed by atoms with Gasteiger partial charge >= 0.3 is 18.0 Å². The molecule has 2 aliphatic rings. The maximum absolute atomic E-state index is 14.4. The first-order valence-electron chi connectivity index (χ1n) is 20.5. The van der Waals surface area contributed by atoms with Crippen molar-refractivity contribution >= 4 is 30.3 Å². The molecule has 2 heterocycles. The van der Waals surface area contributed by atoms with E-state index in [2.05, 4.69) is 15.3 Å². The number of ether oxygens (including phenoxy) is 1. The Kier molecular flexibility index (Phi) is 16.9. The largest absolute Gasteiger partial charge is 0.444 e. The molecule has 0 bridgehead atoms. The van der Waals surface area contributed by atoms with Gasteiger partial charge in [-0.25, -0.2) is 19.4 Å². The zero-order valence-corrected chi connectivity index (χ0v) is 34.2. The second kappa shape index (κ2) is 21.3. The molecule has 2 aromatic rings. The predicted octanol–water partition coefficient (Wildman–Crippen LogP) is 5.08. The van der Waals surface area contributed by atoms with Crippen molar-refractivity contribution in [2.75, 3.05) is 13.1 Å². The number of carbonyl (C=O) groups excluding carboxylic acids is 4. The van der Waals surface area contributed by atoms with Crippen molar-refractivity contribution < 1.29 is 33.5 Å². The third-order valence-corrected chi connectivity index (χ3v) is 10.8. The molecule has 1 aromatic carbocycles. The number of nitrogens with one attached hydrogen (secondary N) is 1. The topological polar surface area (TPSA) is 216 Å². The van der Waals surface area contributed by atoms with Crippen molar-refractivity contribution in [3.05, 3.63) is 77.9 Å². The van der Waals surface area contributed by atoms with Gasteiger partial charge in [-0.2, -0.15) is 0 Å². The molecule has 1 saturated carbocycles. The minimum absolute atomic E-state index is 0.0881. The lowest BCUT2D eigenvalue weighted by atomic mass is 9.81. The fourth-order valence-corrected chi connectivity index (χ4v) is 7.89. The molecule has 0 radical (unpaired) electrons. The summed E-state index contributed by atoms with van der Waals surface area (Å²) in [5.41, 5.74) is 19.1. The van der Waals surface area contributed by atoms with Crippen molar-refractivity contribution in [1.82, 2.24) is 15.2 Å². The van der Waals surface area contributed by atoms with Crippen LogP contribution in [0.15, 0.2) is 71.7 Å². The highest BCUT2D eigenvalue weighted by Gasteiger charge is 2.48. The van der Waals surface area contributed by atoms with Crippen molar-refractivity contribution in [2.45, 2.75) is 135 Å². The quantitative estimate of drug-likeness (QED) is 0.0947. The van der Waals surface area contributed by atoms with E-state index in [1.807, 2.05) is 49.4 Å². The van der Waals surface area contributed by atoms with Gasteiger partial charge in [0.1, 0.15) is 23.5 Å². The number of nitrogens with two attached hydrogens (primary N) is 3. The van der Waals surface area contributed by atoms with Crippen LogP contribution >= 0.6 is 0 Å². The highest BCUT2D eigenvalue weighted by molar-refractivity contribution is 5.95. The molecule has 4 rings (SSSR count). The average molecular weight is 790 g/mol. The average Bonchev–Trinajstić information content (AvgIpc) is 3.61. The van der Waals surface area contributed by atoms with E-state index in [1.165, 1.54) is 12.5 Å². The molecular weight excluding hydrogens is 725 g/mol. The first-order valence-corrected chi connectivity index (χ1v) is 20.5. The summed E-state index contributed by atoms with van der Waals surface area (Å²) in [6.07, 6.45) is 12.2. The third kappa shape index (κ3) is 13.3. The van der Waals surface area contributed by atoms with Gasteiger partial charge in [-0.3, -0.25) is 14.7 Å². The Morgan fingerprint density at radius 3 is 2.28 bits per heavy atom. The van der Waals surface area contributed by atoms with E-state index in [-0.39, 0.29) is 31.1 Å². The van der Waals surface area contributed by atoms with Gasteiger partial charge in [-0.05, 0) is 95.5 Å². The number of aromatic nitrogens is 1. The number of hydrogen-bond donors (Lipinski definition) is 5. The Labute approximate surface area is 337 Å². The first kappa shape index (κ1) is 45.2. The number of carbonyl (C=O) groups is 4. The highest BCUT2D eigenvalue weighted by atomic mass is 16.6. The number of benzene rings is 1. The number of aliphatic hydroxyl groups is 1. The molecule has 5 amide bonds. The summed E-state index contributed by atoms with van der Waals surface area (Å²) < 4.78 is 5.02. The number of aliphatic hydroxyl groups excluding tert-OH is 1. The van der Waals surface area contributed by atoms with Gasteiger partial charge in [-0.1, -0.05) is 62.4 Å².